The summed E-state index contributed by atoms with van der Waals surface area (Å²) in [7, 11) is 1.99. The van der Waals surface area contributed by atoms with Crippen molar-refractivity contribution in [2.24, 2.45) is 5.92 Å². The number of nitrogens with zero attached hydrogens (tertiary/aromatic N) is 2. The van der Waals surface area contributed by atoms with Gasteiger partial charge in [0.1, 0.15) is 0 Å². The van der Waals surface area contributed by atoms with Gasteiger partial charge < -0.3 is 10.2 Å². The van der Waals surface area contributed by atoms with Gasteiger partial charge in [-0.25, -0.2) is 0 Å². The fourth-order valence-corrected chi connectivity index (χ4v) is 2.93. The van der Waals surface area contributed by atoms with E-state index in [0.717, 1.165) is 18.2 Å². The molecule has 0 aliphatic carbocycles. The van der Waals surface area contributed by atoms with Gasteiger partial charge in [-0.05, 0) is 45.7 Å². The maximum Gasteiger partial charge on any atom is 0.0447 e. The molecule has 0 spiro atoms. The van der Waals surface area contributed by atoms with Crippen LogP contribution < -0.4 is 10.2 Å². The minimum Gasteiger partial charge on any atom is -0.368 e. The Labute approximate surface area is 111 Å². The number of rotatable bonds is 3. The smallest absolute Gasteiger partial charge is 0.0447 e. The Morgan fingerprint density at radius 2 is 2.22 bits per heavy atom. The van der Waals surface area contributed by atoms with Crippen molar-refractivity contribution in [3.8, 4) is 0 Å². The van der Waals surface area contributed by atoms with E-state index in [1.807, 2.05) is 13.2 Å². The number of anilines is 1. The topological polar surface area (TPSA) is 28.2 Å². The van der Waals surface area contributed by atoms with Gasteiger partial charge in [-0.2, -0.15) is 0 Å². The first-order chi connectivity index (χ1) is 8.61. The van der Waals surface area contributed by atoms with E-state index in [9.17, 15) is 0 Å². The lowest BCUT2D eigenvalue weighted by atomic mass is 9.92. The van der Waals surface area contributed by atoms with Crippen LogP contribution >= 0.6 is 0 Å². The second-order valence-corrected chi connectivity index (χ2v) is 5.66. The van der Waals surface area contributed by atoms with E-state index in [0.29, 0.717) is 6.04 Å². The fourth-order valence-electron chi connectivity index (χ4n) is 2.93. The van der Waals surface area contributed by atoms with Crippen LogP contribution in [0, 0.1) is 12.8 Å². The molecule has 1 N–H and O–H groups in total. The van der Waals surface area contributed by atoms with Gasteiger partial charge in [0.15, 0.2) is 0 Å². The lowest BCUT2D eigenvalue weighted by Gasteiger charge is -2.39. The van der Waals surface area contributed by atoms with E-state index in [2.05, 4.69) is 42.0 Å². The molecule has 1 fully saturated rings. The number of piperidine rings is 1. The summed E-state index contributed by atoms with van der Waals surface area (Å²) >= 11 is 0. The molecule has 0 radical (unpaired) electrons. The van der Waals surface area contributed by atoms with Gasteiger partial charge in [-0.1, -0.05) is 6.92 Å². The number of hydrogen-bond donors (Lipinski definition) is 1. The Kier molecular flexibility index (Phi) is 4.23. The molecule has 2 rings (SSSR count). The predicted octanol–water partition coefficient (Wildman–Crippen LogP) is 2.73. The average Bonchev–Trinajstić information content (AvgIpc) is 2.32. The van der Waals surface area contributed by atoms with Gasteiger partial charge in [0, 0.05) is 42.3 Å². The molecule has 0 amide bonds. The van der Waals surface area contributed by atoms with Crippen LogP contribution in [0.5, 0.6) is 0 Å². The van der Waals surface area contributed by atoms with Crippen molar-refractivity contribution in [3.63, 3.8) is 0 Å². The number of aromatic nitrogens is 1. The highest BCUT2D eigenvalue weighted by Gasteiger charge is 2.24. The van der Waals surface area contributed by atoms with Crippen LogP contribution in [0.4, 0.5) is 5.69 Å². The lowest BCUT2D eigenvalue weighted by molar-refractivity contribution is 0.377. The fraction of sp³-hybridized carbons (Fsp3) is 0.667. The van der Waals surface area contributed by atoms with Crippen molar-refractivity contribution >= 4 is 5.69 Å². The molecule has 1 aromatic rings. The minimum atomic E-state index is 0.631. The first-order valence-electron chi connectivity index (χ1n) is 6.98. The SMILES string of the molecule is CNCc1cnc(C)cc1N1CCC(C)CC1C. The first kappa shape index (κ1) is 13.3. The number of nitrogens with one attached hydrogen (secondary N) is 1. The summed E-state index contributed by atoms with van der Waals surface area (Å²) in [6.07, 6.45) is 4.61. The van der Waals surface area contributed by atoms with Crippen LogP contribution in [0.15, 0.2) is 12.3 Å². The zero-order chi connectivity index (χ0) is 13.1. The highest BCUT2D eigenvalue weighted by Crippen LogP contribution is 2.30. The van der Waals surface area contributed by atoms with Crippen LogP contribution in [0.25, 0.3) is 0 Å². The maximum atomic E-state index is 4.43. The van der Waals surface area contributed by atoms with Crippen molar-refractivity contribution in [1.29, 1.82) is 0 Å². The van der Waals surface area contributed by atoms with E-state index in [4.69, 9.17) is 0 Å². The Morgan fingerprint density at radius 3 is 2.89 bits per heavy atom. The summed E-state index contributed by atoms with van der Waals surface area (Å²) in [5.41, 5.74) is 3.79. The molecular weight excluding hydrogens is 222 g/mol. The van der Waals surface area contributed by atoms with Crippen LogP contribution in [0.2, 0.25) is 0 Å². The average molecular weight is 247 g/mol. The van der Waals surface area contributed by atoms with Crippen molar-refractivity contribution in [1.82, 2.24) is 10.3 Å². The third-order valence-corrected chi connectivity index (χ3v) is 3.91. The quantitative estimate of drug-likeness (QED) is 0.890. The molecule has 1 aliphatic heterocycles. The highest BCUT2D eigenvalue weighted by molar-refractivity contribution is 5.54. The van der Waals surface area contributed by atoms with E-state index in [1.54, 1.807) is 0 Å². The van der Waals surface area contributed by atoms with Gasteiger partial charge in [0.2, 0.25) is 0 Å². The Balaban J connectivity index is 2.28. The summed E-state index contributed by atoms with van der Waals surface area (Å²) in [6, 6.07) is 2.87. The van der Waals surface area contributed by atoms with Gasteiger partial charge in [0.05, 0.1) is 0 Å². The van der Waals surface area contributed by atoms with Crippen molar-refractivity contribution in [3.05, 3.63) is 23.5 Å². The lowest BCUT2D eigenvalue weighted by Crippen LogP contribution is -2.41. The highest BCUT2D eigenvalue weighted by atomic mass is 15.2. The van der Waals surface area contributed by atoms with Crippen LogP contribution in [0.1, 0.15) is 37.9 Å². The third-order valence-electron chi connectivity index (χ3n) is 3.91. The number of aryl methyl sites for hydroxylation is 1. The van der Waals surface area contributed by atoms with Crippen LogP contribution in [0.3, 0.4) is 0 Å². The zero-order valence-electron chi connectivity index (χ0n) is 12.0. The van der Waals surface area contributed by atoms with E-state index < -0.39 is 0 Å². The minimum absolute atomic E-state index is 0.631. The normalized spacial score (nSPS) is 24.3. The van der Waals surface area contributed by atoms with Crippen LogP contribution in [-0.2, 0) is 6.54 Å². The van der Waals surface area contributed by atoms with E-state index >= 15 is 0 Å². The molecule has 3 nitrogen and oxygen atoms in total. The summed E-state index contributed by atoms with van der Waals surface area (Å²) < 4.78 is 0. The summed E-state index contributed by atoms with van der Waals surface area (Å²) in [5, 5.41) is 3.24. The Bertz CT molecular complexity index is 403. The second-order valence-electron chi connectivity index (χ2n) is 5.66. The van der Waals surface area contributed by atoms with Gasteiger partial charge in [-0.3, -0.25) is 4.98 Å². The number of pyridine rings is 1. The summed E-state index contributed by atoms with van der Waals surface area (Å²) in [6.45, 7) is 8.84. The standard InChI is InChI=1S/C15H25N3/c1-11-5-6-18(13(3)7-11)15-8-12(2)17-10-14(15)9-16-4/h8,10-11,13,16H,5-7,9H2,1-4H3. The molecule has 100 valence electrons. The first-order valence-corrected chi connectivity index (χ1v) is 6.98. The van der Waals surface area contributed by atoms with Gasteiger partial charge in [0.25, 0.3) is 0 Å². The number of hydrogen-bond acceptors (Lipinski definition) is 3. The second kappa shape index (κ2) is 5.70. The predicted molar refractivity (Wildman–Crippen MR) is 76.9 cm³/mol. The third kappa shape index (κ3) is 2.83. The molecule has 1 aromatic heterocycles. The molecule has 1 saturated heterocycles. The molecule has 18 heavy (non-hydrogen) atoms. The zero-order valence-corrected chi connectivity index (χ0v) is 12.0. The van der Waals surface area contributed by atoms with Crippen molar-refractivity contribution < 1.29 is 0 Å². The summed E-state index contributed by atoms with van der Waals surface area (Å²) in [5.74, 6) is 0.854. The molecule has 2 unspecified atom stereocenters. The largest absolute Gasteiger partial charge is 0.368 e. The monoisotopic (exact) mass is 247 g/mol. The molecular formula is C15H25N3. The Hall–Kier alpha value is -1.09. The van der Waals surface area contributed by atoms with Crippen LogP contribution in [-0.4, -0.2) is 24.6 Å². The molecule has 0 bridgehead atoms. The molecule has 1 aliphatic rings. The van der Waals surface area contributed by atoms with Gasteiger partial charge in [-0.15, -0.1) is 0 Å². The van der Waals surface area contributed by atoms with E-state index in [1.165, 1.54) is 30.6 Å². The van der Waals surface area contributed by atoms with E-state index in [-0.39, 0.29) is 0 Å². The molecule has 0 saturated carbocycles. The molecule has 2 atom stereocenters. The Morgan fingerprint density at radius 1 is 1.44 bits per heavy atom. The van der Waals surface area contributed by atoms with Crippen molar-refractivity contribution in [2.75, 3.05) is 18.5 Å². The maximum absolute atomic E-state index is 4.43. The summed E-state index contributed by atoms with van der Waals surface area (Å²) in [4.78, 5) is 6.98. The molecule has 2 heterocycles. The van der Waals surface area contributed by atoms with Crippen molar-refractivity contribution in [2.45, 2.75) is 46.2 Å². The molecule has 3 heteroatoms. The van der Waals surface area contributed by atoms with Gasteiger partial charge >= 0.3 is 0 Å². The molecule has 0 aromatic carbocycles.